The van der Waals surface area contributed by atoms with Gasteiger partial charge in [-0.1, -0.05) is 87.1 Å². The Hall–Kier alpha value is -0.337. The van der Waals surface area contributed by atoms with Crippen LogP contribution in [-0.2, 0) is 24.4 Å². The van der Waals surface area contributed by atoms with Gasteiger partial charge in [-0.15, -0.1) is 0 Å². The molecule has 9 rings (SSSR count). The van der Waals surface area contributed by atoms with Crippen LogP contribution in [-0.4, -0.2) is 34.0 Å². The van der Waals surface area contributed by atoms with Crippen molar-refractivity contribution in [1.82, 2.24) is 0 Å². The summed E-state index contributed by atoms with van der Waals surface area (Å²) < 4.78 is 0. The average molecular weight is 852 g/mol. The number of rotatable bonds is 9. The van der Waals surface area contributed by atoms with Gasteiger partial charge in [-0.2, -0.15) is 0 Å². The van der Waals surface area contributed by atoms with E-state index in [1.165, 1.54) is 116 Å². The molecule has 0 amide bonds. The fraction of sp³-hybridized carbons (Fsp3) is 0.725. The molecule has 0 spiro atoms. The fourth-order valence-corrected chi connectivity index (χ4v) is 37.2. The van der Waals surface area contributed by atoms with E-state index in [4.69, 9.17) is 0 Å². The monoisotopic (exact) mass is 852 g/mol. The molecule has 6 saturated carbocycles. The van der Waals surface area contributed by atoms with E-state index in [0.29, 0.717) is 4.90 Å². The van der Waals surface area contributed by atoms with Crippen molar-refractivity contribution in [3.63, 3.8) is 0 Å². The van der Waals surface area contributed by atoms with E-state index in [-0.39, 0.29) is 19.5 Å². The SMILES string of the molecule is C1=C(c2ccccc2)c2ccccc2C1([P+](C1CCCCC1)(C1CCCCC1)C1CCCCC1)[P+](C1CCCCC1)(C1CCCCC1)C1CCCCC1.[Ru]. The smallest absolute Gasteiger partial charge is 0.0622 e. The third kappa shape index (κ3) is 6.80. The van der Waals surface area contributed by atoms with Crippen molar-refractivity contribution < 1.29 is 19.5 Å². The van der Waals surface area contributed by atoms with Gasteiger partial charge in [-0.3, -0.25) is 0 Å². The van der Waals surface area contributed by atoms with Gasteiger partial charge >= 0.3 is 0 Å². The van der Waals surface area contributed by atoms with Gasteiger partial charge in [0.05, 0.1) is 48.5 Å². The first kappa shape index (κ1) is 40.4. The van der Waals surface area contributed by atoms with Crippen molar-refractivity contribution >= 4 is 20.1 Å². The Morgan fingerprint density at radius 2 is 0.648 bits per heavy atom. The Kier molecular flexibility index (Phi) is 13.7. The Bertz CT molecular complexity index is 1340. The van der Waals surface area contributed by atoms with Crippen LogP contribution in [0.25, 0.3) is 5.57 Å². The van der Waals surface area contributed by atoms with Crippen molar-refractivity contribution in [1.29, 1.82) is 0 Å². The number of allylic oxidation sites excluding steroid dienone is 1. The molecule has 0 nitrogen and oxygen atoms in total. The minimum Gasteiger partial charge on any atom is -0.0622 e. The number of hydrogen-bond acceptors (Lipinski definition) is 0. The number of fused-ring (bicyclic) bond motifs is 1. The molecule has 0 aliphatic heterocycles. The van der Waals surface area contributed by atoms with E-state index in [1.54, 1.807) is 93.7 Å². The summed E-state index contributed by atoms with van der Waals surface area (Å²) in [7, 11) is -3.28. The molecule has 3 heteroatoms. The fourth-order valence-electron chi connectivity index (χ4n) is 15.7. The molecule has 2 aromatic carbocycles. The maximum Gasteiger partial charge on any atom is 0.222 e. The van der Waals surface area contributed by atoms with Gasteiger partial charge in [0.1, 0.15) is 0 Å². The summed E-state index contributed by atoms with van der Waals surface area (Å²) in [6.45, 7) is 0. The van der Waals surface area contributed by atoms with Crippen molar-refractivity contribution in [3.8, 4) is 0 Å². The van der Waals surface area contributed by atoms with Crippen LogP contribution in [0.1, 0.15) is 209 Å². The largest absolute Gasteiger partial charge is 0.222 e. The molecule has 2 aromatic rings. The van der Waals surface area contributed by atoms with Gasteiger partial charge in [-0.05, 0) is 177 Å². The molecule has 0 aromatic heterocycles. The molecule has 0 heterocycles. The van der Waals surface area contributed by atoms with E-state index in [0.717, 1.165) is 34.0 Å². The summed E-state index contributed by atoms with van der Waals surface area (Å²) in [5, 5.41) is 0. The van der Waals surface area contributed by atoms with Crippen LogP contribution in [0.5, 0.6) is 0 Å². The number of benzene rings is 2. The topological polar surface area (TPSA) is 0 Å². The molecular formula is C51H76P2Ru+2. The Morgan fingerprint density at radius 3 is 0.981 bits per heavy atom. The summed E-state index contributed by atoms with van der Waals surface area (Å²) in [6.07, 6.45) is 49.7. The maximum absolute atomic E-state index is 3.37. The van der Waals surface area contributed by atoms with Gasteiger partial charge in [0.15, 0.2) is 0 Å². The first-order valence-electron chi connectivity index (χ1n) is 24.0. The minimum absolute atomic E-state index is 0. The van der Waals surface area contributed by atoms with E-state index < -0.39 is 14.5 Å². The summed E-state index contributed by atoms with van der Waals surface area (Å²) in [5.41, 5.74) is 13.0. The molecule has 0 saturated heterocycles. The van der Waals surface area contributed by atoms with Gasteiger partial charge in [0.25, 0.3) is 0 Å². The molecule has 6 fully saturated rings. The summed E-state index contributed by atoms with van der Waals surface area (Å²) in [5.74, 6) is 0. The third-order valence-electron chi connectivity index (χ3n) is 17.3. The summed E-state index contributed by atoms with van der Waals surface area (Å²) in [4.78, 5) is 0.333. The van der Waals surface area contributed by atoms with Gasteiger partial charge < -0.3 is 0 Å². The normalized spacial score (nSPS) is 26.2. The van der Waals surface area contributed by atoms with Crippen molar-refractivity contribution in [2.75, 3.05) is 0 Å². The second kappa shape index (κ2) is 18.3. The van der Waals surface area contributed by atoms with Crippen LogP contribution in [0.4, 0.5) is 0 Å². The number of hydrogen-bond donors (Lipinski definition) is 0. The predicted molar refractivity (Wildman–Crippen MR) is 237 cm³/mol. The van der Waals surface area contributed by atoms with Crippen LogP contribution >= 0.6 is 14.5 Å². The van der Waals surface area contributed by atoms with Crippen molar-refractivity contribution in [2.45, 2.75) is 231 Å². The Labute approximate surface area is 346 Å². The zero-order valence-electron chi connectivity index (χ0n) is 34.2. The van der Waals surface area contributed by atoms with E-state index in [2.05, 4.69) is 60.7 Å². The van der Waals surface area contributed by atoms with Crippen LogP contribution in [0.2, 0.25) is 0 Å². The van der Waals surface area contributed by atoms with Crippen molar-refractivity contribution in [3.05, 3.63) is 77.4 Å². The average Bonchev–Trinajstić information content (AvgIpc) is 3.60. The molecule has 0 radical (unpaired) electrons. The molecular weight excluding hydrogens is 776 g/mol. The summed E-state index contributed by atoms with van der Waals surface area (Å²) >= 11 is 0. The zero-order chi connectivity index (χ0) is 35.6. The van der Waals surface area contributed by atoms with Gasteiger partial charge in [0, 0.05) is 31.1 Å². The molecule has 7 aliphatic rings. The Balaban J connectivity index is 0.00000413. The standard InChI is InChI=1S/C51H76P2.Ru/c1-8-24-41(25-9-1)49-40-51(50-39-23-22-38-48(49)50,52(42-26-10-2-11-27-42,43-28-12-3-13-29-43)44-30-14-4-15-31-44)53(45-32-16-5-17-33-45,46-34-18-6-19-35-46)47-36-20-7-21-37-47;/h1,8-9,22-25,38-40,42-47H,2-7,10-21,26-37H2;/q+2;. The van der Waals surface area contributed by atoms with Crippen LogP contribution < -0.4 is 0 Å². The molecule has 0 bridgehead atoms. The summed E-state index contributed by atoms with van der Waals surface area (Å²) in [6, 6.07) is 22.7. The third-order valence-corrected chi connectivity index (χ3v) is 32.8. The first-order chi connectivity index (χ1) is 26.3. The quantitative estimate of drug-likeness (QED) is 0.174. The van der Waals surface area contributed by atoms with Gasteiger partial charge in [-0.25, -0.2) is 0 Å². The van der Waals surface area contributed by atoms with E-state index in [1.807, 2.05) is 5.56 Å². The van der Waals surface area contributed by atoms with Crippen LogP contribution in [0, 0.1) is 0 Å². The molecule has 0 atom stereocenters. The molecule has 54 heavy (non-hydrogen) atoms. The van der Waals surface area contributed by atoms with Crippen molar-refractivity contribution in [2.24, 2.45) is 0 Å². The second-order valence-corrected chi connectivity index (χ2v) is 29.1. The Morgan fingerprint density at radius 1 is 0.352 bits per heavy atom. The molecule has 0 N–H and O–H groups in total. The van der Waals surface area contributed by atoms with Crippen LogP contribution in [0.3, 0.4) is 0 Å². The molecule has 0 unspecified atom stereocenters. The predicted octanol–water partition coefficient (Wildman–Crippen LogP) is 16.3. The maximum atomic E-state index is 3.37. The van der Waals surface area contributed by atoms with E-state index in [9.17, 15) is 0 Å². The zero-order valence-corrected chi connectivity index (χ0v) is 37.7. The second-order valence-electron chi connectivity index (χ2n) is 19.6. The minimum atomic E-state index is -1.64. The van der Waals surface area contributed by atoms with E-state index >= 15 is 0 Å². The van der Waals surface area contributed by atoms with Crippen LogP contribution in [0.15, 0.2) is 60.7 Å². The molecule has 7 aliphatic carbocycles. The molecule has 296 valence electrons. The first-order valence-corrected chi connectivity index (χ1v) is 28.0. The van der Waals surface area contributed by atoms with Gasteiger partial charge in [0.2, 0.25) is 4.90 Å².